The number of nitrogens with one attached hydrogen (secondary N) is 1. The Bertz CT molecular complexity index is 804. The topological polar surface area (TPSA) is 75.2 Å². The zero-order valence-electron chi connectivity index (χ0n) is 14.8. The Balaban J connectivity index is 1.71. The summed E-state index contributed by atoms with van der Waals surface area (Å²) < 4.78 is 0. The lowest BCUT2D eigenvalue weighted by Crippen LogP contribution is -2.30. The van der Waals surface area contributed by atoms with Gasteiger partial charge in [0, 0.05) is 25.7 Å². The maximum Gasteiger partial charge on any atom is 0.247 e. The van der Waals surface area contributed by atoms with E-state index in [1.165, 1.54) is 6.92 Å². The van der Waals surface area contributed by atoms with E-state index < -0.39 is 0 Å². The van der Waals surface area contributed by atoms with Crippen molar-refractivity contribution in [1.29, 1.82) is 0 Å². The molecule has 0 saturated carbocycles. The van der Waals surface area contributed by atoms with Gasteiger partial charge in [0.1, 0.15) is 0 Å². The van der Waals surface area contributed by atoms with Crippen LogP contribution in [-0.2, 0) is 16.1 Å². The third-order valence-corrected chi connectivity index (χ3v) is 4.30. The fourth-order valence-corrected chi connectivity index (χ4v) is 3.01. The summed E-state index contributed by atoms with van der Waals surface area (Å²) in [5.41, 5.74) is 1.73. The van der Waals surface area contributed by atoms with Crippen LogP contribution in [-0.4, -0.2) is 33.2 Å². The monoisotopic (exact) mass is 350 g/mol. The normalized spacial score (nSPS) is 16.8. The molecule has 3 rings (SSSR count). The largest absolute Gasteiger partial charge is 0.351 e. The van der Waals surface area contributed by atoms with Crippen LogP contribution in [0.4, 0.5) is 0 Å². The predicted octanol–water partition coefficient (Wildman–Crippen LogP) is 2.49. The summed E-state index contributed by atoms with van der Waals surface area (Å²) in [6.07, 6.45) is 6.88. The van der Waals surface area contributed by atoms with Crippen molar-refractivity contribution in [1.82, 2.24) is 20.2 Å². The van der Waals surface area contributed by atoms with Crippen molar-refractivity contribution in [3.05, 3.63) is 65.8 Å². The number of nitrogens with zero attached hydrogens (tertiary/aromatic N) is 3. The molecule has 1 atom stereocenters. The van der Waals surface area contributed by atoms with E-state index in [9.17, 15) is 9.59 Å². The minimum absolute atomic E-state index is 0.0350. The molecular formula is C20H22N4O2. The molecule has 1 aromatic carbocycles. The Labute approximate surface area is 153 Å². The maximum absolute atomic E-state index is 12.6. The van der Waals surface area contributed by atoms with Crippen molar-refractivity contribution in [2.24, 2.45) is 0 Å². The number of likely N-dealkylation sites (tertiary alicyclic amines) is 1. The third-order valence-electron chi connectivity index (χ3n) is 4.30. The number of carbonyl (C=O) groups is 2. The second-order valence-electron chi connectivity index (χ2n) is 6.25. The zero-order valence-corrected chi connectivity index (χ0v) is 14.8. The summed E-state index contributed by atoms with van der Waals surface area (Å²) >= 11 is 0. The Morgan fingerprint density at radius 1 is 1.27 bits per heavy atom. The second kappa shape index (κ2) is 8.38. The van der Waals surface area contributed by atoms with Gasteiger partial charge in [-0.2, -0.15) is 0 Å². The van der Waals surface area contributed by atoms with Gasteiger partial charge in [-0.15, -0.1) is 0 Å². The van der Waals surface area contributed by atoms with E-state index in [-0.39, 0.29) is 17.9 Å². The average Bonchev–Trinajstić information content (AvgIpc) is 3.15. The minimum atomic E-state index is -0.125. The molecule has 1 saturated heterocycles. The van der Waals surface area contributed by atoms with Gasteiger partial charge in [0.2, 0.25) is 11.8 Å². The van der Waals surface area contributed by atoms with Crippen LogP contribution in [0, 0.1) is 0 Å². The van der Waals surface area contributed by atoms with Gasteiger partial charge < -0.3 is 10.2 Å². The van der Waals surface area contributed by atoms with Crippen LogP contribution in [0.5, 0.6) is 0 Å². The first-order valence-corrected chi connectivity index (χ1v) is 8.73. The highest BCUT2D eigenvalue weighted by Gasteiger charge is 2.30. The Hall–Kier alpha value is -3.02. The molecule has 0 bridgehead atoms. The molecule has 1 aromatic heterocycles. The molecule has 2 amide bonds. The van der Waals surface area contributed by atoms with Gasteiger partial charge in [-0.25, -0.2) is 9.97 Å². The second-order valence-corrected chi connectivity index (χ2v) is 6.25. The third kappa shape index (κ3) is 4.53. The summed E-state index contributed by atoms with van der Waals surface area (Å²) in [7, 11) is 0. The molecule has 134 valence electrons. The van der Waals surface area contributed by atoms with E-state index in [0.717, 1.165) is 24.1 Å². The number of rotatable bonds is 5. The van der Waals surface area contributed by atoms with Gasteiger partial charge in [0.25, 0.3) is 0 Å². The van der Waals surface area contributed by atoms with E-state index in [2.05, 4.69) is 15.3 Å². The molecule has 1 aliphatic rings. The number of aromatic nitrogens is 2. The highest BCUT2D eigenvalue weighted by molar-refractivity contribution is 5.92. The van der Waals surface area contributed by atoms with Crippen molar-refractivity contribution < 1.29 is 9.59 Å². The summed E-state index contributed by atoms with van der Waals surface area (Å²) in [5, 5.41) is 2.73. The van der Waals surface area contributed by atoms with Crippen molar-refractivity contribution in [3.63, 3.8) is 0 Å². The fourth-order valence-electron chi connectivity index (χ4n) is 3.01. The van der Waals surface area contributed by atoms with Crippen LogP contribution >= 0.6 is 0 Å². The van der Waals surface area contributed by atoms with Gasteiger partial charge >= 0.3 is 0 Å². The SMILES string of the molecule is CC(=O)NCc1ccnc(C2CCCN2C(=O)/C=C/c2ccccc2)n1. The Morgan fingerprint density at radius 3 is 2.85 bits per heavy atom. The quantitative estimate of drug-likeness (QED) is 0.841. The molecule has 1 aliphatic heterocycles. The fraction of sp³-hybridized carbons (Fsp3) is 0.300. The summed E-state index contributed by atoms with van der Waals surface area (Å²) in [6.45, 7) is 2.53. The van der Waals surface area contributed by atoms with Gasteiger partial charge in [-0.3, -0.25) is 9.59 Å². The van der Waals surface area contributed by atoms with Crippen LogP contribution in [0.2, 0.25) is 0 Å². The Morgan fingerprint density at radius 2 is 2.08 bits per heavy atom. The summed E-state index contributed by atoms with van der Waals surface area (Å²) in [5.74, 6) is 0.493. The van der Waals surface area contributed by atoms with Crippen LogP contribution in [0.15, 0.2) is 48.7 Å². The van der Waals surface area contributed by atoms with Crippen LogP contribution in [0.1, 0.15) is 42.9 Å². The highest BCUT2D eigenvalue weighted by Crippen LogP contribution is 2.30. The molecular weight excluding hydrogens is 328 g/mol. The molecule has 6 heteroatoms. The first-order valence-electron chi connectivity index (χ1n) is 8.73. The summed E-state index contributed by atoms with van der Waals surface area (Å²) in [6, 6.07) is 11.4. The molecule has 0 aliphatic carbocycles. The van der Waals surface area contributed by atoms with Crippen molar-refractivity contribution in [3.8, 4) is 0 Å². The molecule has 2 aromatic rings. The lowest BCUT2D eigenvalue weighted by Gasteiger charge is -2.22. The summed E-state index contributed by atoms with van der Waals surface area (Å²) in [4.78, 5) is 34.4. The van der Waals surface area contributed by atoms with Gasteiger partial charge in [-0.1, -0.05) is 30.3 Å². The number of hydrogen-bond donors (Lipinski definition) is 1. The molecule has 6 nitrogen and oxygen atoms in total. The van der Waals surface area contributed by atoms with Gasteiger partial charge in [0.15, 0.2) is 5.82 Å². The minimum Gasteiger partial charge on any atom is -0.351 e. The van der Waals surface area contributed by atoms with E-state index in [1.807, 2.05) is 41.3 Å². The number of benzene rings is 1. The molecule has 0 radical (unpaired) electrons. The molecule has 1 fully saturated rings. The van der Waals surface area contributed by atoms with Gasteiger partial charge in [0.05, 0.1) is 18.3 Å². The van der Waals surface area contributed by atoms with E-state index in [4.69, 9.17) is 0 Å². The van der Waals surface area contributed by atoms with Crippen LogP contribution in [0.25, 0.3) is 6.08 Å². The lowest BCUT2D eigenvalue weighted by molar-refractivity contribution is -0.127. The van der Waals surface area contributed by atoms with Crippen LogP contribution < -0.4 is 5.32 Å². The van der Waals surface area contributed by atoms with Crippen molar-refractivity contribution >= 4 is 17.9 Å². The van der Waals surface area contributed by atoms with E-state index in [0.29, 0.717) is 18.9 Å². The lowest BCUT2D eigenvalue weighted by atomic mass is 10.2. The van der Waals surface area contributed by atoms with Crippen LogP contribution in [0.3, 0.4) is 0 Å². The van der Waals surface area contributed by atoms with E-state index >= 15 is 0 Å². The first kappa shape index (κ1) is 17.8. The smallest absolute Gasteiger partial charge is 0.247 e. The number of carbonyl (C=O) groups excluding carboxylic acids is 2. The van der Waals surface area contributed by atoms with Crippen molar-refractivity contribution in [2.75, 3.05) is 6.54 Å². The molecule has 26 heavy (non-hydrogen) atoms. The van der Waals surface area contributed by atoms with E-state index in [1.54, 1.807) is 18.3 Å². The highest BCUT2D eigenvalue weighted by atomic mass is 16.2. The standard InChI is InChI=1S/C20H22N4O2/c1-15(25)22-14-17-11-12-21-20(23-17)18-8-5-13-24(18)19(26)10-9-16-6-3-2-4-7-16/h2-4,6-7,9-12,18H,5,8,13-14H2,1H3,(H,22,25)/b10-9+. The zero-order chi connectivity index (χ0) is 18.4. The molecule has 0 spiro atoms. The first-order chi connectivity index (χ1) is 12.6. The predicted molar refractivity (Wildman–Crippen MR) is 98.7 cm³/mol. The molecule has 2 heterocycles. The number of hydrogen-bond acceptors (Lipinski definition) is 4. The number of amides is 2. The van der Waals surface area contributed by atoms with Gasteiger partial charge in [-0.05, 0) is 30.5 Å². The molecule has 1 N–H and O–H groups in total. The van der Waals surface area contributed by atoms with Crippen molar-refractivity contribution in [2.45, 2.75) is 32.4 Å². The molecule has 1 unspecified atom stereocenters. The maximum atomic E-state index is 12.6. The Kier molecular flexibility index (Phi) is 5.73. The average molecular weight is 350 g/mol.